The van der Waals surface area contributed by atoms with Crippen LogP contribution in [0.5, 0.6) is 11.6 Å². The van der Waals surface area contributed by atoms with Crippen LogP contribution >= 0.6 is 0 Å². The molecule has 0 fully saturated rings. The number of halogens is 2. The summed E-state index contributed by atoms with van der Waals surface area (Å²) >= 11 is 0. The largest absolute Gasteiger partial charge is 0.491 e. The molecule has 11 nitrogen and oxygen atoms in total. The van der Waals surface area contributed by atoms with Crippen LogP contribution in [-0.4, -0.2) is 48.2 Å². The van der Waals surface area contributed by atoms with Gasteiger partial charge in [0.25, 0.3) is 10.0 Å². The molecule has 0 saturated heterocycles. The summed E-state index contributed by atoms with van der Waals surface area (Å²) in [6, 6.07) is 7.22. The average Bonchev–Trinajstić information content (AvgIpc) is 2.96. The molecule has 3 N–H and O–H groups in total. The Kier molecular flexibility index (Phi) is 9.80. The van der Waals surface area contributed by atoms with Crippen molar-refractivity contribution < 1.29 is 36.7 Å². The van der Waals surface area contributed by atoms with Gasteiger partial charge in [0.2, 0.25) is 11.8 Å². The van der Waals surface area contributed by atoms with Crippen molar-refractivity contribution in [1.82, 2.24) is 20.4 Å². The second kappa shape index (κ2) is 13.5. The Bertz CT molecular complexity index is 1700. The molecule has 2 aromatic heterocycles. The van der Waals surface area contributed by atoms with Gasteiger partial charge in [-0.15, -0.1) is 0 Å². The van der Waals surface area contributed by atoms with Gasteiger partial charge in [0.15, 0.2) is 0 Å². The molecule has 0 radical (unpaired) electrons. The van der Waals surface area contributed by atoms with Crippen LogP contribution in [0, 0.1) is 18.6 Å². The van der Waals surface area contributed by atoms with Crippen molar-refractivity contribution in [3.05, 3.63) is 66.3 Å². The summed E-state index contributed by atoms with van der Waals surface area (Å²) in [5.74, 6) is -2.14. The SMILES string of the molecule is COc1ncc(-c2cc(OCCCCCCC(=O)NO)c3ncnc(C)c3c2)cc1NS(=O)(=O)c1ccc(F)cc1F. The number of carbonyl (C=O) groups excluding carboxylic acids is 1. The molecule has 0 spiro atoms. The van der Waals surface area contributed by atoms with Crippen LogP contribution in [-0.2, 0) is 14.8 Å². The minimum atomic E-state index is -4.46. The summed E-state index contributed by atoms with van der Waals surface area (Å²) in [5, 5.41) is 9.29. The number of ether oxygens (including phenoxy) is 2. The highest BCUT2D eigenvalue weighted by Crippen LogP contribution is 2.35. The third kappa shape index (κ3) is 7.25. The molecule has 0 bridgehead atoms. The highest BCUT2D eigenvalue weighted by atomic mass is 32.2. The summed E-state index contributed by atoms with van der Waals surface area (Å²) in [6.45, 7) is 2.20. The summed E-state index contributed by atoms with van der Waals surface area (Å²) in [5.41, 5.74) is 3.96. The fourth-order valence-corrected chi connectivity index (χ4v) is 5.36. The van der Waals surface area contributed by atoms with Gasteiger partial charge in [0.05, 0.1) is 13.7 Å². The molecule has 0 saturated carbocycles. The number of rotatable bonds is 13. The quantitative estimate of drug-likeness (QED) is 0.110. The minimum Gasteiger partial charge on any atom is -0.491 e. The lowest BCUT2D eigenvalue weighted by Gasteiger charge is -2.15. The highest BCUT2D eigenvalue weighted by molar-refractivity contribution is 7.92. The molecule has 0 atom stereocenters. The van der Waals surface area contributed by atoms with E-state index in [2.05, 4.69) is 19.7 Å². The van der Waals surface area contributed by atoms with Crippen molar-refractivity contribution >= 4 is 32.5 Å². The number of anilines is 1. The van der Waals surface area contributed by atoms with E-state index in [0.29, 0.717) is 59.0 Å². The number of benzene rings is 2. The van der Waals surface area contributed by atoms with Gasteiger partial charge in [0, 0.05) is 35.3 Å². The van der Waals surface area contributed by atoms with Crippen molar-refractivity contribution in [2.45, 2.75) is 43.9 Å². The number of fused-ring (bicyclic) bond motifs is 1. The lowest BCUT2D eigenvalue weighted by molar-refractivity contribution is -0.129. The van der Waals surface area contributed by atoms with Crippen LogP contribution < -0.4 is 19.7 Å². The Morgan fingerprint density at radius 1 is 1.00 bits per heavy atom. The Morgan fingerprint density at radius 2 is 1.79 bits per heavy atom. The van der Waals surface area contributed by atoms with E-state index in [0.717, 1.165) is 25.0 Å². The monoisotopic (exact) mass is 601 g/mol. The second-order valence-electron chi connectivity index (χ2n) is 9.34. The van der Waals surface area contributed by atoms with Gasteiger partial charge in [-0.05, 0) is 55.7 Å². The van der Waals surface area contributed by atoms with Gasteiger partial charge < -0.3 is 9.47 Å². The van der Waals surface area contributed by atoms with E-state index in [1.165, 1.54) is 25.7 Å². The molecule has 42 heavy (non-hydrogen) atoms. The van der Waals surface area contributed by atoms with E-state index in [-0.39, 0.29) is 18.0 Å². The molecule has 4 aromatic rings. The summed E-state index contributed by atoms with van der Waals surface area (Å²) in [6.07, 6.45) is 6.12. The molecular weight excluding hydrogens is 572 g/mol. The van der Waals surface area contributed by atoms with Gasteiger partial charge in [-0.1, -0.05) is 12.8 Å². The van der Waals surface area contributed by atoms with Gasteiger partial charge in [0.1, 0.15) is 39.8 Å². The van der Waals surface area contributed by atoms with Crippen molar-refractivity contribution in [2.24, 2.45) is 0 Å². The maximum absolute atomic E-state index is 14.3. The van der Waals surface area contributed by atoms with Crippen molar-refractivity contribution in [3.63, 3.8) is 0 Å². The first-order chi connectivity index (χ1) is 20.1. The van der Waals surface area contributed by atoms with Crippen LogP contribution in [0.4, 0.5) is 14.5 Å². The van der Waals surface area contributed by atoms with E-state index in [1.54, 1.807) is 11.5 Å². The van der Waals surface area contributed by atoms with E-state index < -0.39 is 32.5 Å². The Labute approximate surface area is 240 Å². The number of aromatic nitrogens is 3. The number of hydrogen-bond acceptors (Lipinski definition) is 9. The first-order valence-electron chi connectivity index (χ1n) is 13.0. The molecule has 0 unspecified atom stereocenters. The number of methoxy groups -OCH3 is 1. The van der Waals surface area contributed by atoms with Crippen LogP contribution in [0.1, 0.15) is 37.8 Å². The third-order valence-corrected chi connectivity index (χ3v) is 7.79. The fourth-order valence-electron chi connectivity index (χ4n) is 4.25. The van der Waals surface area contributed by atoms with Crippen molar-refractivity contribution in [3.8, 4) is 22.8 Å². The zero-order valence-corrected chi connectivity index (χ0v) is 23.7. The number of hydroxylamine groups is 1. The first-order valence-corrected chi connectivity index (χ1v) is 14.4. The number of nitrogens with one attached hydrogen (secondary N) is 2. The standard InChI is InChI=1S/C28H29F2N5O6S/c1-17-21-11-18(13-24(27(21)33-16-32-17)41-10-6-4-3-5-7-26(36)34-37)19-12-23(28(40-2)31-15-19)35-42(38,39)25-9-8-20(29)14-22(25)30/h8-9,11-16,35,37H,3-7,10H2,1-2H3,(H,34,36). The molecule has 0 aliphatic carbocycles. The molecule has 0 aliphatic heterocycles. The van der Waals surface area contributed by atoms with Gasteiger partial charge >= 0.3 is 0 Å². The molecule has 1 amide bonds. The average molecular weight is 602 g/mol. The Balaban J connectivity index is 1.61. The fraction of sp³-hybridized carbons (Fsp3) is 0.286. The number of amides is 1. The smallest absolute Gasteiger partial charge is 0.264 e. The maximum Gasteiger partial charge on any atom is 0.264 e. The lowest BCUT2D eigenvalue weighted by atomic mass is 10.0. The number of unbranched alkanes of at least 4 members (excludes halogenated alkanes) is 3. The van der Waals surface area contributed by atoms with Crippen LogP contribution in [0.15, 0.2) is 53.8 Å². The number of aryl methyl sites for hydroxylation is 1. The van der Waals surface area contributed by atoms with Crippen molar-refractivity contribution in [2.75, 3.05) is 18.4 Å². The Morgan fingerprint density at radius 3 is 2.52 bits per heavy atom. The predicted molar refractivity (Wildman–Crippen MR) is 150 cm³/mol. The number of hydrogen-bond donors (Lipinski definition) is 3. The van der Waals surface area contributed by atoms with E-state index in [9.17, 15) is 22.0 Å². The molecule has 0 aliphatic rings. The van der Waals surface area contributed by atoms with E-state index in [1.807, 2.05) is 13.0 Å². The molecule has 14 heteroatoms. The summed E-state index contributed by atoms with van der Waals surface area (Å²) in [4.78, 5) is 23.3. The first kappa shape index (κ1) is 30.5. The van der Waals surface area contributed by atoms with Crippen molar-refractivity contribution in [1.29, 1.82) is 0 Å². The zero-order chi connectivity index (χ0) is 30.3. The topological polar surface area (TPSA) is 153 Å². The predicted octanol–water partition coefficient (Wildman–Crippen LogP) is 4.92. The maximum atomic E-state index is 14.3. The van der Waals surface area contributed by atoms with Gasteiger partial charge in [-0.3, -0.25) is 14.7 Å². The molecule has 4 rings (SSSR count). The Hall–Kier alpha value is -4.43. The minimum absolute atomic E-state index is 0.0573. The number of carbonyl (C=O) groups is 1. The molecule has 2 aromatic carbocycles. The number of nitrogens with zero attached hydrogens (tertiary/aromatic N) is 3. The molecule has 222 valence electrons. The summed E-state index contributed by atoms with van der Waals surface area (Å²) < 4.78 is 67.1. The zero-order valence-electron chi connectivity index (χ0n) is 22.9. The summed E-state index contributed by atoms with van der Waals surface area (Å²) in [7, 11) is -3.15. The number of pyridine rings is 1. The second-order valence-corrected chi connectivity index (χ2v) is 11.0. The molecule has 2 heterocycles. The number of sulfonamides is 1. The van der Waals surface area contributed by atoms with Gasteiger partial charge in [-0.25, -0.2) is 37.6 Å². The lowest BCUT2D eigenvalue weighted by Crippen LogP contribution is -2.17. The van der Waals surface area contributed by atoms with Crippen LogP contribution in [0.25, 0.3) is 22.0 Å². The van der Waals surface area contributed by atoms with E-state index >= 15 is 0 Å². The third-order valence-electron chi connectivity index (χ3n) is 6.39. The normalized spacial score (nSPS) is 11.4. The van der Waals surface area contributed by atoms with Crippen LogP contribution in [0.2, 0.25) is 0 Å². The van der Waals surface area contributed by atoms with E-state index in [4.69, 9.17) is 14.7 Å². The van der Waals surface area contributed by atoms with Gasteiger partial charge in [-0.2, -0.15) is 0 Å². The molecular formula is C28H29F2N5O6S. The van der Waals surface area contributed by atoms with Crippen LogP contribution in [0.3, 0.4) is 0 Å². The highest BCUT2D eigenvalue weighted by Gasteiger charge is 2.22.